The van der Waals surface area contributed by atoms with E-state index in [1.54, 1.807) is 0 Å². The molecule has 0 amide bonds. The second kappa shape index (κ2) is 6.27. The maximum absolute atomic E-state index is 6.18. The molecule has 0 aliphatic carbocycles. The van der Waals surface area contributed by atoms with E-state index in [2.05, 4.69) is 38.8 Å². The average Bonchev–Trinajstić information content (AvgIpc) is 2.26. The summed E-state index contributed by atoms with van der Waals surface area (Å²) in [6.07, 6.45) is 1.16. The first-order chi connectivity index (χ1) is 7.97. The van der Waals surface area contributed by atoms with E-state index in [0.29, 0.717) is 18.5 Å². The van der Waals surface area contributed by atoms with Crippen LogP contribution in [0.5, 0.6) is 0 Å². The van der Waals surface area contributed by atoms with Gasteiger partial charge in [-0.2, -0.15) is 0 Å². The third-order valence-corrected chi connectivity index (χ3v) is 3.51. The van der Waals surface area contributed by atoms with Gasteiger partial charge in [0.15, 0.2) is 0 Å². The number of nitrogens with two attached hydrogens (primary N) is 1. The Hall–Kier alpha value is -0.730. The summed E-state index contributed by atoms with van der Waals surface area (Å²) in [5.74, 6) is 0.688. The molecule has 0 saturated carbocycles. The molecule has 1 rings (SSSR count). The number of hydrogen-bond acceptors (Lipinski definition) is 2. The number of benzene rings is 1. The molecule has 0 fully saturated rings. The van der Waals surface area contributed by atoms with Crippen molar-refractivity contribution < 1.29 is 0 Å². The Kier molecular flexibility index (Phi) is 5.29. The fourth-order valence-corrected chi connectivity index (χ4v) is 2.40. The van der Waals surface area contributed by atoms with Crippen molar-refractivity contribution in [2.24, 2.45) is 11.7 Å². The molecule has 0 bridgehead atoms. The molecule has 1 atom stereocenters. The van der Waals surface area contributed by atoms with E-state index in [4.69, 9.17) is 17.3 Å². The quantitative estimate of drug-likeness (QED) is 0.869. The molecule has 0 aliphatic rings. The number of halogens is 1. The summed E-state index contributed by atoms with van der Waals surface area (Å²) in [5, 5.41) is 0.758. The Morgan fingerprint density at radius 2 is 1.94 bits per heavy atom. The van der Waals surface area contributed by atoms with Crippen LogP contribution in [0.25, 0.3) is 0 Å². The fraction of sp³-hybridized carbons (Fsp3) is 0.571. The SMILES string of the molecule is CC(C)CC(C)N(C)c1cccc(Cl)c1CN. The molecule has 2 N–H and O–H groups in total. The van der Waals surface area contributed by atoms with Gasteiger partial charge < -0.3 is 10.6 Å². The zero-order valence-corrected chi connectivity index (χ0v) is 12.0. The average molecular weight is 255 g/mol. The Labute approximate surface area is 110 Å². The zero-order valence-electron chi connectivity index (χ0n) is 11.2. The molecular formula is C14H23ClN2. The van der Waals surface area contributed by atoms with Gasteiger partial charge in [-0.3, -0.25) is 0 Å². The van der Waals surface area contributed by atoms with Crippen LogP contribution in [0.15, 0.2) is 18.2 Å². The molecule has 0 aromatic heterocycles. The lowest BCUT2D eigenvalue weighted by atomic mass is 10.0. The summed E-state index contributed by atoms with van der Waals surface area (Å²) in [4.78, 5) is 2.27. The van der Waals surface area contributed by atoms with Gasteiger partial charge in [0.25, 0.3) is 0 Å². The Bertz CT molecular complexity index is 363. The maximum Gasteiger partial charge on any atom is 0.0471 e. The largest absolute Gasteiger partial charge is 0.372 e. The van der Waals surface area contributed by atoms with E-state index in [0.717, 1.165) is 22.7 Å². The first-order valence-electron chi connectivity index (χ1n) is 6.17. The van der Waals surface area contributed by atoms with Crippen molar-refractivity contribution in [2.75, 3.05) is 11.9 Å². The lowest BCUT2D eigenvalue weighted by Crippen LogP contribution is -2.31. The van der Waals surface area contributed by atoms with Gasteiger partial charge in [0, 0.05) is 35.9 Å². The van der Waals surface area contributed by atoms with Gasteiger partial charge in [-0.15, -0.1) is 0 Å². The number of anilines is 1. The van der Waals surface area contributed by atoms with Crippen molar-refractivity contribution in [2.45, 2.75) is 39.8 Å². The monoisotopic (exact) mass is 254 g/mol. The predicted molar refractivity (Wildman–Crippen MR) is 76.7 cm³/mol. The van der Waals surface area contributed by atoms with Crippen molar-refractivity contribution in [1.82, 2.24) is 0 Å². The third kappa shape index (κ3) is 3.62. The van der Waals surface area contributed by atoms with Crippen molar-refractivity contribution in [3.05, 3.63) is 28.8 Å². The Morgan fingerprint density at radius 1 is 1.29 bits per heavy atom. The minimum atomic E-state index is 0.480. The molecule has 96 valence electrons. The van der Waals surface area contributed by atoms with Crippen LogP contribution < -0.4 is 10.6 Å². The van der Waals surface area contributed by atoms with Gasteiger partial charge in [0.1, 0.15) is 0 Å². The van der Waals surface area contributed by atoms with Gasteiger partial charge in [-0.1, -0.05) is 31.5 Å². The lowest BCUT2D eigenvalue weighted by molar-refractivity contribution is 0.503. The van der Waals surface area contributed by atoms with E-state index in [1.165, 1.54) is 0 Å². The maximum atomic E-state index is 6.18. The molecule has 0 aliphatic heterocycles. The van der Waals surface area contributed by atoms with Crippen LogP contribution in [-0.4, -0.2) is 13.1 Å². The normalized spacial score (nSPS) is 12.9. The van der Waals surface area contributed by atoms with Crippen molar-refractivity contribution in [1.29, 1.82) is 0 Å². The zero-order chi connectivity index (χ0) is 13.0. The summed E-state index contributed by atoms with van der Waals surface area (Å²) in [6, 6.07) is 6.45. The molecule has 17 heavy (non-hydrogen) atoms. The number of hydrogen-bond donors (Lipinski definition) is 1. The summed E-state index contributed by atoms with van der Waals surface area (Å²) >= 11 is 6.18. The molecule has 1 aromatic rings. The van der Waals surface area contributed by atoms with Gasteiger partial charge in [0.2, 0.25) is 0 Å². The van der Waals surface area contributed by atoms with Crippen LogP contribution in [-0.2, 0) is 6.54 Å². The van der Waals surface area contributed by atoms with Crippen LogP contribution in [0, 0.1) is 5.92 Å². The van der Waals surface area contributed by atoms with E-state index in [1.807, 2.05) is 12.1 Å². The Morgan fingerprint density at radius 3 is 2.47 bits per heavy atom. The fourth-order valence-electron chi connectivity index (χ4n) is 2.16. The predicted octanol–water partition coefficient (Wildman–Crippen LogP) is 3.67. The highest BCUT2D eigenvalue weighted by atomic mass is 35.5. The van der Waals surface area contributed by atoms with Crippen LogP contribution in [0.2, 0.25) is 5.02 Å². The summed E-state index contributed by atoms with van der Waals surface area (Å²) < 4.78 is 0. The van der Waals surface area contributed by atoms with Gasteiger partial charge in [0.05, 0.1) is 0 Å². The van der Waals surface area contributed by atoms with E-state index in [9.17, 15) is 0 Å². The highest BCUT2D eigenvalue weighted by Crippen LogP contribution is 2.28. The molecule has 0 heterocycles. The van der Waals surface area contributed by atoms with Crippen molar-refractivity contribution in [3.8, 4) is 0 Å². The standard InChI is InChI=1S/C14H23ClN2/c1-10(2)8-11(3)17(4)14-7-5-6-13(15)12(14)9-16/h5-7,10-11H,8-9,16H2,1-4H3. The lowest BCUT2D eigenvalue weighted by Gasteiger charge is -2.30. The van der Waals surface area contributed by atoms with Gasteiger partial charge >= 0.3 is 0 Å². The number of rotatable bonds is 5. The van der Waals surface area contributed by atoms with Crippen LogP contribution in [0.3, 0.4) is 0 Å². The van der Waals surface area contributed by atoms with Gasteiger partial charge in [-0.25, -0.2) is 0 Å². The van der Waals surface area contributed by atoms with E-state index >= 15 is 0 Å². The summed E-state index contributed by atoms with van der Waals surface area (Å²) in [7, 11) is 2.11. The smallest absolute Gasteiger partial charge is 0.0471 e. The second-order valence-corrected chi connectivity index (χ2v) is 5.44. The highest BCUT2D eigenvalue weighted by molar-refractivity contribution is 6.31. The highest BCUT2D eigenvalue weighted by Gasteiger charge is 2.15. The molecule has 2 nitrogen and oxygen atoms in total. The van der Waals surface area contributed by atoms with Crippen molar-refractivity contribution in [3.63, 3.8) is 0 Å². The molecule has 0 saturated heterocycles. The second-order valence-electron chi connectivity index (χ2n) is 5.03. The molecular weight excluding hydrogens is 232 g/mol. The third-order valence-electron chi connectivity index (χ3n) is 3.15. The number of nitrogens with zero attached hydrogens (tertiary/aromatic N) is 1. The van der Waals surface area contributed by atoms with E-state index < -0.39 is 0 Å². The topological polar surface area (TPSA) is 29.3 Å². The van der Waals surface area contributed by atoms with E-state index in [-0.39, 0.29) is 0 Å². The summed E-state index contributed by atoms with van der Waals surface area (Å²) in [6.45, 7) is 7.20. The Balaban J connectivity index is 2.95. The summed E-state index contributed by atoms with van der Waals surface area (Å²) in [5.41, 5.74) is 7.96. The molecule has 0 spiro atoms. The molecule has 3 heteroatoms. The first kappa shape index (κ1) is 14.3. The van der Waals surface area contributed by atoms with Crippen LogP contribution in [0.1, 0.15) is 32.8 Å². The van der Waals surface area contributed by atoms with Crippen LogP contribution >= 0.6 is 11.6 Å². The molecule has 1 unspecified atom stereocenters. The minimum absolute atomic E-state index is 0.480. The van der Waals surface area contributed by atoms with Crippen molar-refractivity contribution >= 4 is 17.3 Å². The molecule has 0 radical (unpaired) electrons. The minimum Gasteiger partial charge on any atom is -0.372 e. The molecule has 1 aromatic carbocycles. The first-order valence-corrected chi connectivity index (χ1v) is 6.55. The van der Waals surface area contributed by atoms with Gasteiger partial charge in [-0.05, 0) is 31.4 Å². The van der Waals surface area contributed by atoms with Crippen LogP contribution in [0.4, 0.5) is 5.69 Å².